The molecule has 0 heterocycles. The maximum absolute atomic E-state index is 13.0. The molecule has 0 fully saturated rings. The molecule has 17 nitrogen and oxygen atoms in total. The van der Waals surface area contributed by atoms with Gasteiger partial charge in [0.05, 0.1) is 26.4 Å². The van der Waals surface area contributed by atoms with Gasteiger partial charge in [0.1, 0.15) is 19.3 Å². The Morgan fingerprint density at radius 2 is 0.578 bits per heavy atom. The van der Waals surface area contributed by atoms with E-state index in [2.05, 4.69) is 34.6 Å². The standard InChI is InChI=1S/C64H124O17P2/c1-6-10-13-16-19-22-25-26-27-30-33-40-45-50-64(69)81-60(54-75-62(67)48-43-38-35-34-36-41-46-57(5)9-4)56-79-83(72,73)77-52-58(65)51-76-82(70,71)78-55-59(80-63(68)49-44-39-32-29-24-21-18-15-12-8-3)53-74-61(66)47-42-37-31-28-23-20-17-14-11-7-2/h57-60,65H,6-56H2,1-5H3,(H,70,71)(H,72,73)/t57?,58-,59+,60+/m0/s1. The van der Waals surface area contributed by atoms with Crippen molar-refractivity contribution < 1.29 is 80.2 Å². The number of rotatable bonds is 64. The van der Waals surface area contributed by atoms with E-state index in [1.165, 1.54) is 141 Å². The van der Waals surface area contributed by atoms with Crippen molar-refractivity contribution in [2.45, 2.75) is 342 Å². The zero-order valence-corrected chi connectivity index (χ0v) is 55.1. The predicted molar refractivity (Wildman–Crippen MR) is 331 cm³/mol. The highest BCUT2D eigenvalue weighted by Gasteiger charge is 2.30. The number of hydrogen-bond acceptors (Lipinski definition) is 15. The number of aliphatic hydroxyl groups is 1. The summed E-state index contributed by atoms with van der Waals surface area (Å²) in [6.07, 6.45) is 41.6. The first-order valence-electron chi connectivity index (χ1n) is 33.7. The molecular weight excluding hydrogens is 1100 g/mol. The number of unbranched alkanes of at least 4 members (excludes halogenated alkanes) is 35. The Bertz CT molecular complexity index is 1620. The van der Waals surface area contributed by atoms with Crippen LogP contribution in [0.15, 0.2) is 0 Å². The second-order valence-electron chi connectivity index (χ2n) is 23.4. The molecule has 492 valence electrons. The first-order valence-corrected chi connectivity index (χ1v) is 36.7. The van der Waals surface area contributed by atoms with Crippen LogP contribution in [0.3, 0.4) is 0 Å². The number of phosphoric acid groups is 2. The average molecular weight is 1230 g/mol. The summed E-state index contributed by atoms with van der Waals surface area (Å²) in [6, 6.07) is 0. The minimum absolute atomic E-state index is 0.106. The summed E-state index contributed by atoms with van der Waals surface area (Å²) in [5.74, 6) is -1.40. The number of carbonyl (C=O) groups excluding carboxylic acids is 4. The van der Waals surface area contributed by atoms with Crippen LogP contribution < -0.4 is 0 Å². The van der Waals surface area contributed by atoms with Gasteiger partial charge in [0.25, 0.3) is 0 Å². The van der Waals surface area contributed by atoms with Crippen molar-refractivity contribution in [1.82, 2.24) is 0 Å². The topological polar surface area (TPSA) is 237 Å². The molecule has 19 heteroatoms. The van der Waals surface area contributed by atoms with Crippen molar-refractivity contribution in [1.29, 1.82) is 0 Å². The molecule has 83 heavy (non-hydrogen) atoms. The van der Waals surface area contributed by atoms with E-state index in [-0.39, 0.29) is 25.7 Å². The molecule has 0 saturated carbocycles. The number of hydrogen-bond donors (Lipinski definition) is 3. The molecule has 0 amide bonds. The van der Waals surface area contributed by atoms with Crippen LogP contribution in [0.1, 0.15) is 324 Å². The lowest BCUT2D eigenvalue weighted by Crippen LogP contribution is -2.30. The van der Waals surface area contributed by atoms with Gasteiger partial charge in [-0.05, 0) is 31.6 Å². The first-order chi connectivity index (χ1) is 40.1. The predicted octanol–water partition coefficient (Wildman–Crippen LogP) is 17.8. The highest BCUT2D eigenvalue weighted by Crippen LogP contribution is 2.45. The molecule has 0 aromatic rings. The van der Waals surface area contributed by atoms with E-state index in [0.29, 0.717) is 25.7 Å². The molecule has 3 N–H and O–H groups in total. The summed E-state index contributed by atoms with van der Waals surface area (Å²) in [5.41, 5.74) is 0. The highest BCUT2D eigenvalue weighted by molar-refractivity contribution is 7.47. The van der Waals surface area contributed by atoms with Gasteiger partial charge in [0, 0.05) is 25.7 Å². The summed E-state index contributed by atoms with van der Waals surface area (Å²) in [5, 5.41) is 10.5. The maximum atomic E-state index is 13.0. The molecule has 3 unspecified atom stereocenters. The van der Waals surface area contributed by atoms with Crippen molar-refractivity contribution in [3.63, 3.8) is 0 Å². The van der Waals surface area contributed by atoms with Crippen LogP contribution in [-0.2, 0) is 65.4 Å². The van der Waals surface area contributed by atoms with Gasteiger partial charge in [-0.15, -0.1) is 0 Å². The third kappa shape index (κ3) is 57.6. The minimum atomic E-state index is -4.94. The lowest BCUT2D eigenvalue weighted by molar-refractivity contribution is -0.161. The van der Waals surface area contributed by atoms with Crippen molar-refractivity contribution >= 4 is 39.5 Å². The fourth-order valence-electron chi connectivity index (χ4n) is 9.55. The fourth-order valence-corrected chi connectivity index (χ4v) is 11.1. The van der Waals surface area contributed by atoms with E-state index in [1.807, 2.05) is 0 Å². The number of aliphatic hydroxyl groups excluding tert-OH is 1. The van der Waals surface area contributed by atoms with Gasteiger partial charge >= 0.3 is 39.5 Å². The summed E-state index contributed by atoms with van der Waals surface area (Å²) >= 11 is 0. The van der Waals surface area contributed by atoms with E-state index in [1.54, 1.807) is 0 Å². The van der Waals surface area contributed by atoms with E-state index in [9.17, 15) is 43.2 Å². The fraction of sp³-hybridized carbons (Fsp3) is 0.938. The lowest BCUT2D eigenvalue weighted by Gasteiger charge is -2.21. The van der Waals surface area contributed by atoms with E-state index in [4.69, 9.17) is 37.0 Å². The summed E-state index contributed by atoms with van der Waals surface area (Å²) < 4.78 is 68.0. The van der Waals surface area contributed by atoms with Crippen molar-refractivity contribution in [3.8, 4) is 0 Å². The quantitative estimate of drug-likeness (QED) is 0.0222. The molecule has 0 aliphatic rings. The van der Waals surface area contributed by atoms with Crippen LogP contribution >= 0.6 is 15.6 Å². The third-order valence-electron chi connectivity index (χ3n) is 15.1. The van der Waals surface area contributed by atoms with Crippen LogP contribution in [0.25, 0.3) is 0 Å². The highest BCUT2D eigenvalue weighted by atomic mass is 31.2. The van der Waals surface area contributed by atoms with Crippen LogP contribution in [0, 0.1) is 5.92 Å². The SMILES string of the molecule is CCCCCCCCCCCCCCCC(=O)O[C@H](COC(=O)CCCCCCCCC(C)CC)COP(=O)(O)OC[C@@H](O)COP(=O)(O)OC[C@@H](COC(=O)CCCCCCCCCCCC)OC(=O)CCCCCCCCCCCC. The molecule has 6 atom stereocenters. The first kappa shape index (κ1) is 81.1. The van der Waals surface area contributed by atoms with Gasteiger partial charge in [0.15, 0.2) is 12.2 Å². The number of esters is 4. The minimum Gasteiger partial charge on any atom is -0.462 e. The Morgan fingerprint density at radius 1 is 0.337 bits per heavy atom. The Balaban J connectivity index is 5.24. The molecule has 0 rings (SSSR count). The van der Waals surface area contributed by atoms with E-state index >= 15 is 0 Å². The van der Waals surface area contributed by atoms with E-state index in [0.717, 1.165) is 102 Å². The lowest BCUT2D eigenvalue weighted by atomic mass is 10.00. The number of ether oxygens (including phenoxy) is 4. The van der Waals surface area contributed by atoms with Crippen LogP contribution in [0.5, 0.6) is 0 Å². The zero-order valence-electron chi connectivity index (χ0n) is 53.3. The van der Waals surface area contributed by atoms with Crippen molar-refractivity contribution in [2.75, 3.05) is 39.6 Å². The second-order valence-corrected chi connectivity index (χ2v) is 26.3. The average Bonchev–Trinajstić information content (AvgIpc) is 3.51. The molecule has 0 radical (unpaired) electrons. The molecule has 0 saturated heterocycles. The Labute approximate surface area is 505 Å². The van der Waals surface area contributed by atoms with Gasteiger partial charge in [-0.25, -0.2) is 9.13 Å². The van der Waals surface area contributed by atoms with Gasteiger partial charge < -0.3 is 33.8 Å². The third-order valence-corrected chi connectivity index (χ3v) is 17.0. The smallest absolute Gasteiger partial charge is 0.462 e. The summed E-state index contributed by atoms with van der Waals surface area (Å²) in [7, 11) is -9.88. The molecule has 0 aromatic heterocycles. The molecule has 0 bridgehead atoms. The second kappa shape index (κ2) is 57.8. The monoisotopic (exact) mass is 1230 g/mol. The Hall–Kier alpha value is -1.94. The van der Waals surface area contributed by atoms with Crippen LogP contribution in [-0.4, -0.2) is 96.7 Å². The number of phosphoric ester groups is 2. The van der Waals surface area contributed by atoms with Crippen LogP contribution in [0.4, 0.5) is 0 Å². The van der Waals surface area contributed by atoms with Crippen molar-refractivity contribution in [2.24, 2.45) is 5.92 Å². The van der Waals surface area contributed by atoms with Gasteiger partial charge in [0.2, 0.25) is 0 Å². The Morgan fingerprint density at radius 3 is 0.855 bits per heavy atom. The van der Waals surface area contributed by atoms with Crippen molar-refractivity contribution in [3.05, 3.63) is 0 Å². The number of carbonyl (C=O) groups is 4. The summed E-state index contributed by atoms with van der Waals surface area (Å²) in [6.45, 7) is 7.14. The molecular formula is C64H124O17P2. The van der Waals surface area contributed by atoms with E-state index < -0.39 is 97.5 Å². The largest absolute Gasteiger partial charge is 0.472 e. The molecule has 0 aliphatic heterocycles. The summed E-state index contributed by atoms with van der Waals surface area (Å²) in [4.78, 5) is 72.2. The van der Waals surface area contributed by atoms with Gasteiger partial charge in [-0.3, -0.25) is 37.3 Å². The zero-order chi connectivity index (χ0) is 61.3. The van der Waals surface area contributed by atoms with Gasteiger partial charge in [-0.1, -0.05) is 272 Å². The maximum Gasteiger partial charge on any atom is 0.472 e. The molecule has 0 aliphatic carbocycles. The molecule has 0 spiro atoms. The van der Waals surface area contributed by atoms with Gasteiger partial charge in [-0.2, -0.15) is 0 Å². The Kier molecular flexibility index (Phi) is 56.4. The molecule has 0 aromatic carbocycles. The van der Waals surface area contributed by atoms with Crippen LogP contribution in [0.2, 0.25) is 0 Å². The normalized spacial score (nSPS) is 14.6.